The Morgan fingerprint density at radius 3 is 2.50 bits per heavy atom. The van der Waals surface area contributed by atoms with Crippen LogP contribution in [0.25, 0.3) is 0 Å². The average Bonchev–Trinajstić information content (AvgIpc) is 2.82. The van der Waals surface area contributed by atoms with Gasteiger partial charge in [0.15, 0.2) is 5.00 Å². The molecule has 0 aromatic heterocycles. The molecule has 1 saturated heterocycles. The smallest absolute Gasteiger partial charge is 0.177 e. The van der Waals surface area contributed by atoms with Crippen LogP contribution >= 0.6 is 11.6 Å². The molecule has 0 bridgehead atoms. The maximum Gasteiger partial charge on any atom is 0.177 e. The summed E-state index contributed by atoms with van der Waals surface area (Å²) >= 11 is 6.38. The van der Waals surface area contributed by atoms with E-state index in [4.69, 9.17) is 16.3 Å². The van der Waals surface area contributed by atoms with Crippen molar-refractivity contribution in [3.8, 4) is 0 Å². The molecular formula is C12H21ClN2O. The molecule has 0 aromatic carbocycles. The van der Waals surface area contributed by atoms with Gasteiger partial charge >= 0.3 is 0 Å². The highest BCUT2D eigenvalue weighted by molar-refractivity contribution is 6.23. The lowest BCUT2D eigenvalue weighted by atomic mass is 9.96. The fourth-order valence-electron chi connectivity index (χ4n) is 2.45. The Balaban J connectivity index is 1.87. The fourth-order valence-corrected chi connectivity index (χ4v) is 2.66. The van der Waals surface area contributed by atoms with Crippen molar-refractivity contribution < 1.29 is 4.74 Å². The molecule has 2 unspecified atom stereocenters. The number of azo groups is 1. The van der Waals surface area contributed by atoms with Crippen LogP contribution in [0.15, 0.2) is 10.2 Å². The van der Waals surface area contributed by atoms with Crippen molar-refractivity contribution in [2.45, 2.75) is 69.0 Å². The van der Waals surface area contributed by atoms with Gasteiger partial charge in [0.25, 0.3) is 0 Å². The molecule has 92 valence electrons. The standard InChI is InChI=1S/C12H21ClN2O/c1-12(13,11-8-5-9-16-11)15-14-10-6-3-2-4-7-10/h10-11H,2-9H2,1H3. The number of hydrogen-bond donors (Lipinski definition) is 0. The van der Waals surface area contributed by atoms with Crippen LogP contribution in [0.2, 0.25) is 0 Å². The minimum atomic E-state index is -0.659. The zero-order valence-electron chi connectivity index (χ0n) is 9.99. The molecule has 2 aliphatic rings. The first-order valence-electron chi connectivity index (χ1n) is 6.41. The van der Waals surface area contributed by atoms with Crippen LogP contribution < -0.4 is 0 Å². The highest BCUT2D eigenvalue weighted by atomic mass is 35.5. The number of ether oxygens (including phenoxy) is 1. The van der Waals surface area contributed by atoms with Crippen LogP contribution in [0.5, 0.6) is 0 Å². The Morgan fingerprint density at radius 1 is 1.12 bits per heavy atom. The van der Waals surface area contributed by atoms with E-state index < -0.39 is 5.00 Å². The summed E-state index contributed by atoms with van der Waals surface area (Å²) in [5.74, 6) is 0. The SMILES string of the molecule is CC(Cl)(N=NC1CCCCC1)C1CCCO1. The summed E-state index contributed by atoms with van der Waals surface area (Å²) in [4.78, 5) is -0.659. The van der Waals surface area contributed by atoms with Crippen LogP contribution in [0.3, 0.4) is 0 Å². The quantitative estimate of drug-likeness (QED) is 0.421. The molecule has 1 saturated carbocycles. The number of nitrogens with zero attached hydrogens (tertiary/aromatic N) is 2. The van der Waals surface area contributed by atoms with Crippen LogP contribution in [-0.4, -0.2) is 23.8 Å². The molecule has 0 N–H and O–H groups in total. The zero-order valence-corrected chi connectivity index (χ0v) is 10.7. The second kappa shape index (κ2) is 5.46. The highest BCUT2D eigenvalue weighted by Gasteiger charge is 2.35. The van der Waals surface area contributed by atoms with E-state index in [2.05, 4.69) is 10.2 Å². The molecule has 0 amide bonds. The third kappa shape index (κ3) is 3.17. The maximum absolute atomic E-state index is 6.38. The van der Waals surface area contributed by atoms with Gasteiger partial charge in [-0.15, -0.1) is 0 Å². The van der Waals surface area contributed by atoms with E-state index in [-0.39, 0.29) is 6.10 Å². The van der Waals surface area contributed by atoms with Gasteiger partial charge in [-0.2, -0.15) is 10.2 Å². The Labute approximate surface area is 103 Å². The third-order valence-electron chi connectivity index (χ3n) is 3.51. The first-order chi connectivity index (χ1) is 7.68. The molecule has 2 atom stereocenters. The van der Waals surface area contributed by atoms with Gasteiger partial charge in [0.2, 0.25) is 0 Å². The summed E-state index contributed by atoms with van der Waals surface area (Å²) in [6.07, 6.45) is 8.38. The van der Waals surface area contributed by atoms with Gasteiger partial charge in [-0.3, -0.25) is 0 Å². The summed E-state index contributed by atoms with van der Waals surface area (Å²) in [6.45, 7) is 2.72. The van der Waals surface area contributed by atoms with E-state index in [0.29, 0.717) is 6.04 Å². The van der Waals surface area contributed by atoms with Crippen molar-refractivity contribution in [3.63, 3.8) is 0 Å². The van der Waals surface area contributed by atoms with E-state index in [1.165, 1.54) is 32.1 Å². The second-order valence-corrected chi connectivity index (χ2v) is 5.80. The predicted octanol–water partition coefficient (Wildman–Crippen LogP) is 3.91. The first-order valence-corrected chi connectivity index (χ1v) is 6.79. The molecule has 4 heteroatoms. The Kier molecular flexibility index (Phi) is 4.20. The van der Waals surface area contributed by atoms with Crippen molar-refractivity contribution in [3.05, 3.63) is 0 Å². The topological polar surface area (TPSA) is 34.0 Å². The maximum atomic E-state index is 6.38. The van der Waals surface area contributed by atoms with Crippen LogP contribution in [0.1, 0.15) is 51.9 Å². The van der Waals surface area contributed by atoms with E-state index in [1.54, 1.807) is 0 Å². The first kappa shape index (κ1) is 12.3. The minimum Gasteiger partial charge on any atom is -0.374 e. The predicted molar refractivity (Wildman–Crippen MR) is 65.0 cm³/mol. The largest absolute Gasteiger partial charge is 0.374 e. The molecule has 2 rings (SSSR count). The molecule has 0 radical (unpaired) electrons. The summed E-state index contributed by atoms with van der Waals surface area (Å²) in [6, 6.07) is 0.397. The molecule has 0 aromatic rings. The third-order valence-corrected chi connectivity index (χ3v) is 3.83. The van der Waals surface area contributed by atoms with Crippen molar-refractivity contribution in [2.24, 2.45) is 10.2 Å². The molecule has 1 heterocycles. The zero-order chi connectivity index (χ0) is 11.4. The summed E-state index contributed by atoms with van der Waals surface area (Å²) < 4.78 is 5.57. The summed E-state index contributed by atoms with van der Waals surface area (Å²) in [5, 5.41) is 8.74. The molecule has 3 nitrogen and oxygen atoms in total. The van der Waals surface area contributed by atoms with E-state index in [1.807, 2.05) is 6.92 Å². The lowest BCUT2D eigenvalue weighted by Gasteiger charge is -2.24. The normalized spacial score (nSPS) is 32.0. The minimum absolute atomic E-state index is 0.0431. The molecule has 16 heavy (non-hydrogen) atoms. The Hall–Kier alpha value is -0.150. The lowest BCUT2D eigenvalue weighted by molar-refractivity contribution is 0.0801. The van der Waals surface area contributed by atoms with Gasteiger partial charge in [0.05, 0.1) is 12.1 Å². The Bertz CT molecular complexity index is 243. The number of hydrogen-bond acceptors (Lipinski definition) is 3. The van der Waals surface area contributed by atoms with Crippen molar-refractivity contribution in [1.29, 1.82) is 0 Å². The monoisotopic (exact) mass is 244 g/mol. The lowest BCUT2D eigenvalue weighted by Crippen LogP contribution is -2.31. The van der Waals surface area contributed by atoms with E-state index >= 15 is 0 Å². The van der Waals surface area contributed by atoms with Crippen LogP contribution in [0.4, 0.5) is 0 Å². The molecule has 1 aliphatic heterocycles. The van der Waals surface area contributed by atoms with Crippen LogP contribution in [0, 0.1) is 0 Å². The Morgan fingerprint density at radius 2 is 1.88 bits per heavy atom. The second-order valence-electron chi connectivity index (χ2n) is 5.03. The van der Waals surface area contributed by atoms with Gasteiger partial charge in [0, 0.05) is 6.61 Å². The fraction of sp³-hybridized carbons (Fsp3) is 1.00. The molecule has 0 spiro atoms. The molecule has 2 fully saturated rings. The number of halogens is 1. The molecule has 1 aliphatic carbocycles. The van der Waals surface area contributed by atoms with E-state index in [0.717, 1.165) is 19.4 Å². The summed E-state index contributed by atoms with van der Waals surface area (Å²) in [5.41, 5.74) is 0. The highest BCUT2D eigenvalue weighted by Crippen LogP contribution is 2.32. The van der Waals surface area contributed by atoms with Crippen molar-refractivity contribution in [1.82, 2.24) is 0 Å². The van der Waals surface area contributed by atoms with Gasteiger partial charge in [-0.1, -0.05) is 30.9 Å². The molecular weight excluding hydrogens is 224 g/mol. The van der Waals surface area contributed by atoms with Gasteiger partial charge < -0.3 is 4.74 Å². The van der Waals surface area contributed by atoms with Crippen molar-refractivity contribution in [2.75, 3.05) is 6.61 Å². The van der Waals surface area contributed by atoms with Gasteiger partial charge in [0.1, 0.15) is 0 Å². The van der Waals surface area contributed by atoms with Gasteiger partial charge in [-0.05, 0) is 32.6 Å². The average molecular weight is 245 g/mol. The summed E-state index contributed by atoms with van der Waals surface area (Å²) in [7, 11) is 0. The van der Waals surface area contributed by atoms with Crippen LogP contribution in [-0.2, 0) is 4.74 Å². The van der Waals surface area contributed by atoms with Crippen molar-refractivity contribution >= 4 is 11.6 Å². The van der Waals surface area contributed by atoms with Gasteiger partial charge in [-0.25, -0.2) is 0 Å². The van der Waals surface area contributed by atoms with E-state index in [9.17, 15) is 0 Å². The number of alkyl halides is 1. The number of rotatable bonds is 3.